The number of hydrogen-bond acceptors (Lipinski definition) is 4. The average Bonchev–Trinajstić information content (AvgIpc) is 2.41. The van der Waals surface area contributed by atoms with Gasteiger partial charge in [-0.25, -0.2) is 0 Å². The SMILES string of the molecule is CCSCCCC1(CNCCOC)CCOCC1. The van der Waals surface area contributed by atoms with Crippen LogP contribution in [0, 0.1) is 5.41 Å². The maximum Gasteiger partial charge on any atom is 0.0587 e. The number of rotatable bonds is 10. The van der Waals surface area contributed by atoms with E-state index in [9.17, 15) is 0 Å². The molecular formula is C14H29NO2S. The van der Waals surface area contributed by atoms with Gasteiger partial charge < -0.3 is 14.8 Å². The van der Waals surface area contributed by atoms with E-state index in [0.717, 1.165) is 32.9 Å². The van der Waals surface area contributed by atoms with Gasteiger partial charge in [-0.1, -0.05) is 6.92 Å². The molecule has 108 valence electrons. The summed E-state index contributed by atoms with van der Waals surface area (Å²) in [5.74, 6) is 2.54. The third-order valence-corrected chi connectivity index (χ3v) is 4.72. The van der Waals surface area contributed by atoms with Gasteiger partial charge in [0.1, 0.15) is 0 Å². The molecule has 1 saturated heterocycles. The summed E-state index contributed by atoms with van der Waals surface area (Å²) < 4.78 is 10.6. The molecule has 1 heterocycles. The van der Waals surface area contributed by atoms with Crippen LogP contribution in [0.25, 0.3) is 0 Å². The van der Waals surface area contributed by atoms with Crippen molar-refractivity contribution in [3.8, 4) is 0 Å². The Labute approximate surface area is 116 Å². The zero-order valence-corrected chi connectivity index (χ0v) is 12.8. The highest BCUT2D eigenvalue weighted by molar-refractivity contribution is 7.99. The van der Waals surface area contributed by atoms with Crippen molar-refractivity contribution in [3.05, 3.63) is 0 Å². The van der Waals surface area contributed by atoms with Crippen LogP contribution in [0.5, 0.6) is 0 Å². The van der Waals surface area contributed by atoms with Crippen LogP contribution in [0.2, 0.25) is 0 Å². The molecule has 0 radical (unpaired) electrons. The molecular weight excluding hydrogens is 246 g/mol. The van der Waals surface area contributed by atoms with Crippen molar-refractivity contribution in [3.63, 3.8) is 0 Å². The van der Waals surface area contributed by atoms with Gasteiger partial charge in [0, 0.05) is 33.4 Å². The lowest BCUT2D eigenvalue weighted by atomic mass is 9.76. The molecule has 0 spiro atoms. The summed E-state index contributed by atoms with van der Waals surface area (Å²) >= 11 is 2.06. The zero-order valence-electron chi connectivity index (χ0n) is 12.0. The highest BCUT2D eigenvalue weighted by Crippen LogP contribution is 2.35. The van der Waals surface area contributed by atoms with Crippen LogP contribution < -0.4 is 5.32 Å². The van der Waals surface area contributed by atoms with E-state index in [1.807, 2.05) is 0 Å². The van der Waals surface area contributed by atoms with Crippen LogP contribution in [0.1, 0.15) is 32.6 Å². The van der Waals surface area contributed by atoms with Crippen molar-refractivity contribution in [2.45, 2.75) is 32.6 Å². The van der Waals surface area contributed by atoms with Gasteiger partial charge in [0.15, 0.2) is 0 Å². The van der Waals surface area contributed by atoms with Crippen molar-refractivity contribution in [1.29, 1.82) is 0 Å². The van der Waals surface area contributed by atoms with E-state index in [0.29, 0.717) is 5.41 Å². The van der Waals surface area contributed by atoms with E-state index in [4.69, 9.17) is 9.47 Å². The molecule has 1 fully saturated rings. The maximum atomic E-state index is 5.52. The summed E-state index contributed by atoms with van der Waals surface area (Å²) in [5, 5.41) is 3.55. The van der Waals surface area contributed by atoms with Crippen molar-refractivity contribution in [2.24, 2.45) is 5.41 Å². The first-order chi connectivity index (χ1) is 8.83. The van der Waals surface area contributed by atoms with Crippen molar-refractivity contribution >= 4 is 11.8 Å². The Morgan fingerprint density at radius 2 is 2.11 bits per heavy atom. The standard InChI is InChI=1S/C14H29NO2S/c1-3-18-12-4-5-14(6-9-17-10-7-14)13-15-8-11-16-2/h15H,3-13H2,1-2H3. The van der Waals surface area contributed by atoms with Crippen molar-refractivity contribution in [1.82, 2.24) is 5.32 Å². The smallest absolute Gasteiger partial charge is 0.0587 e. The third kappa shape index (κ3) is 6.41. The van der Waals surface area contributed by atoms with Gasteiger partial charge in [0.25, 0.3) is 0 Å². The minimum absolute atomic E-state index is 0.473. The molecule has 0 aliphatic carbocycles. The van der Waals surface area contributed by atoms with E-state index >= 15 is 0 Å². The number of hydrogen-bond donors (Lipinski definition) is 1. The van der Waals surface area contributed by atoms with Gasteiger partial charge in [-0.2, -0.15) is 11.8 Å². The molecule has 1 N–H and O–H groups in total. The van der Waals surface area contributed by atoms with Crippen LogP contribution >= 0.6 is 11.8 Å². The molecule has 0 saturated carbocycles. The summed E-state index contributed by atoms with van der Waals surface area (Å²) in [4.78, 5) is 0. The molecule has 3 nitrogen and oxygen atoms in total. The van der Waals surface area contributed by atoms with E-state index in [2.05, 4.69) is 24.0 Å². The van der Waals surface area contributed by atoms with Crippen LogP contribution in [-0.4, -0.2) is 51.5 Å². The van der Waals surface area contributed by atoms with E-state index in [-0.39, 0.29) is 0 Å². The predicted octanol–water partition coefficient (Wildman–Crippen LogP) is 2.55. The first kappa shape index (κ1) is 16.3. The van der Waals surface area contributed by atoms with Gasteiger partial charge in [-0.05, 0) is 42.6 Å². The number of methoxy groups -OCH3 is 1. The minimum Gasteiger partial charge on any atom is -0.383 e. The second-order valence-electron chi connectivity index (χ2n) is 5.08. The Hall–Kier alpha value is 0.230. The van der Waals surface area contributed by atoms with Gasteiger partial charge in [-0.3, -0.25) is 0 Å². The largest absolute Gasteiger partial charge is 0.383 e. The lowest BCUT2D eigenvalue weighted by Gasteiger charge is -2.37. The van der Waals surface area contributed by atoms with Crippen LogP contribution in [0.4, 0.5) is 0 Å². The fraction of sp³-hybridized carbons (Fsp3) is 1.00. The van der Waals surface area contributed by atoms with E-state index in [1.165, 1.54) is 37.2 Å². The normalized spacial score (nSPS) is 19.0. The summed E-state index contributed by atoms with van der Waals surface area (Å²) in [7, 11) is 1.76. The summed E-state index contributed by atoms with van der Waals surface area (Å²) in [6.45, 7) is 7.00. The monoisotopic (exact) mass is 275 g/mol. The lowest BCUT2D eigenvalue weighted by Crippen LogP contribution is -2.40. The van der Waals surface area contributed by atoms with Crippen LogP contribution in [-0.2, 0) is 9.47 Å². The molecule has 0 amide bonds. The van der Waals surface area contributed by atoms with Crippen molar-refractivity contribution < 1.29 is 9.47 Å². The first-order valence-corrected chi connectivity index (χ1v) is 8.33. The zero-order chi connectivity index (χ0) is 13.1. The Morgan fingerprint density at radius 1 is 1.33 bits per heavy atom. The van der Waals surface area contributed by atoms with E-state index in [1.54, 1.807) is 7.11 Å². The fourth-order valence-corrected chi connectivity index (χ4v) is 3.18. The number of nitrogens with one attached hydrogen (secondary N) is 1. The number of thioether (sulfide) groups is 1. The van der Waals surface area contributed by atoms with Gasteiger partial charge in [0.2, 0.25) is 0 Å². The molecule has 1 rings (SSSR count). The average molecular weight is 275 g/mol. The maximum absolute atomic E-state index is 5.52. The van der Waals surface area contributed by atoms with Gasteiger partial charge in [0.05, 0.1) is 6.61 Å². The molecule has 0 unspecified atom stereocenters. The number of ether oxygens (including phenoxy) is 2. The van der Waals surface area contributed by atoms with E-state index < -0.39 is 0 Å². The molecule has 4 heteroatoms. The second-order valence-corrected chi connectivity index (χ2v) is 6.48. The fourth-order valence-electron chi connectivity index (χ4n) is 2.54. The first-order valence-electron chi connectivity index (χ1n) is 7.18. The van der Waals surface area contributed by atoms with Gasteiger partial charge in [-0.15, -0.1) is 0 Å². The highest BCUT2D eigenvalue weighted by atomic mass is 32.2. The minimum atomic E-state index is 0.473. The highest BCUT2D eigenvalue weighted by Gasteiger charge is 2.31. The Kier molecular flexibility index (Phi) is 9.11. The molecule has 0 aromatic heterocycles. The molecule has 1 aliphatic heterocycles. The Morgan fingerprint density at radius 3 is 2.78 bits per heavy atom. The second kappa shape index (κ2) is 10.1. The predicted molar refractivity (Wildman–Crippen MR) is 79.5 cm³/mol. The molecule has 0 aromatic carbocycles. The summed E-state index contributed by atoms with van der Waals surface area (Å²) in [5.41, 5.74) is 0.473. The van der Waals surface area contributed by atoms with Crippen LogP contribution in [0.3, 0.4) is 0 Å². The Bertz CT molecular complexity index is 182. The quantitative estimate of drug-likeness (QED) is 0.621. The lowest BCUT2D eigenvalue weighted by molar-refractivity contribution is 0.00962. The summed E-state index contributed by atoms with van der Waals surface area (Å²) in [6.07, 6.45) is 5.10. The molecule has 0 atom stereocenters. The molecule has 0 bridgehead atoms. The molecule has 18 heavy (non-hydrogen) atoms. The molecule has 0 aromatic rings. The Balaban J connectivity index is 2.27. The molecule has 1 aliphatic rings. The summed E-state index contributed by atoms with van der Waals surface area (Å²) in [6, 6.07) is 0. The van der Waals surface area contributed by atoms with Crippen LogP contribution in [0.15, 0.2) is 0 Å². The third-order valence-electron chi connectivity index (χ3n) is 3.74. The van der Waals surface area contributed by atoms with Gasteiger partial charge >= 0.3 is 0 Å². The van der Waals surface area contributed by atoms with Crippen molar-refractivity contribution in [2.75, 3.05) is 51.5 Å². The topological polar surface area (TPSA) is 30.5 Å².